The van der Waals surface area contributed by atoms with Crippen molar-refractivity contribution in [2.75, 3.05) is 16.8 Å². The van der Waals surface area contributed by atoms with Gasteiger partial charge in [-0.2, -0.15) is 0 Å². The lowest BCUT2D eigenvalue weighted by Crippen LogP contribution is -2.23. The van der Waals surface area contributed by atoms with E-state index in [1.165, 1.54) is 11.3 Å². The number of carbonyl (C=O) groups excluding carboxylic acids is 1. The number of nitrogens with one attached hydrogen (secondary N) is 1. The van der Waals surface area contributed by atoms with Crippen LogP contribution >= 0.6 is 11.3 Å². The maximum absolute atomic E-state index is 12.0. The first-order valence-electron chi connectivity index (χ1n) is 6.79. The lowest BCUT2D eigenvalue weighted by atomic mass is 10.1. The van der Waals surface area contributed by atoms with E-state index >= 15 is 0 Å². The van der Waals surface area contributed by atoms with Gasteiger partial charge in [0, 0.05) is 5.92 Å². The smallest absolute Gasteiger partial charge is 0.230 e. The molecule has 8 heteroatoms. The molecule has 1 saturated heterocycles. The Balaban J connectivity index is 1.99. The first-order chi connectivity index (χ1) is 9.45. The second-order valence-corrected chi connectivity index (χ2v) is 8.29. The zero-order chi connectivity index (χ0) is 14.8. The highest BCUT2D eigenvalue weighted by atomic mass is 32.2. The zero-order valence-corrected chi connectivity index (χ0v) is 13.3. The molecular weight excluding hydrogens is 298 g/mol. The molecule has 1 aliphatic rings. The molecule has 0 radical (unpaired) electrons. The fraction of sp³-hybridized carbons (Fsp3) is 0.750. The fourth-order valence-electron chi connectivity index (χ4n) is 2.30. The van der Waals surface area contributed by atoms with Crippen LogP contribution in [-0.2, 0) is 14.6 Å². The van der Waals surface area contributed by atoms with Gasteiger partial charge in [-0.05, 0) is 19.3 Å². The molecule has 0 unspecified atom stereocenters. The summed E-state index contributed by atoms with van der Waals surface area (Å²) in [4.78, 5) is 12.0. The van der Waals surface area contributed by atoms with Crippen LogP contribution in [0, 0.1) is 5.92 Å². The van der Waals surface area contributed by atoms with Crippen LogP contribution in [0.25, 0.3) is 0 Å². The number of anilines is 1. The molecule has 1 atom stereocenters. The third-order valence-corrected chi connectivity index (χ3v) is 6.38. The second-order valence-electron chi connectivity index (χ2n) is 5.05. The highest BCUT2D eigenvalue weighted by Gasteiger charge is 2.33. The summed E-state index contributed by atoms with van der Waals surface area (Å²) in [6.45, 7) is 4.19. The van der Waals surface area contributed by atoms with Crippen LogP contribution < -0.4 is 5.32 Å². The van der Waals surface area contributed by atoms with Gasteiger partial charge in [-0.3, -0.25) is 4.79 Å². The van der Waals surface area contributed by atoms with Gasteiger partial charge in [0.2, 0.25) is 11.0 Å². The van der Waals surface area contributed by atoms with E-state index in [1.54, 1.807) is 0 Å². The molecule has 1 aliphatic heterocycles. The number of rotatable bonds is 5. The van der Waals surface area contributed by atoms with Crippen molar-refractivity contribution in [3.63, 3.8) is 0 Å². The second kappa shape index (κ2) is 6.17. The quantitative estimate of drug-likeness (QED) is 0.894. The SMILES string of the molecule is CCC(CC)c1nnc(NC(=O)[C@H]2CCS(=O)(=O)C2)s1. The van der Waals surface area contributed by atoms with Gasteiger partial charge >= 0.3 is 0 Å². The van der Waals surface area contributed by atoms with Gasteiger partial charge in [-0.25, -0.2) is 8.42 Å². The number of sulfone groups is 1. The Labute approximate surface area is 122 Å². The number of hydrogen-bond acceptors (Lipinski definition) is 6. The standard InChI is InChI=1S/C12H19N3O3S2/c1-3-8(4-2)11-14-15-12(19-11)13-10(16)9-5-6-20(17,18)7-9/h8-9H,3-7H2,1-2H3,(H,13,15,16)/t9-/m0/s1. The van der Waals surface area contributed by atoms with Gasteiger partial charge in [0.05, 0.1) is 17.4 Å². The fourth-order valence-corrected chi connectivity index (χ4v) is 5.05. The van der Waals surface area contributed by atoms with Gasteiger partial charge in [-0.15, -0.1) is 10.2 Å². The minimum Gasteiger partial charge on any atom is -0.300 e. The van der Waals surface area contributed by atoms with E-state index in [4.69, 9.17) is 0 Å². The van der Waals surface area contributed by atoms with Crippen LogP contribution in [0.3, 0.4) is 0 Å². The average molecular weight is 317 g/mol. The lowest BCUT2D eigenvalue weighted by molar-refractivity contribution is -0.119. The molecule has 1 fully saturated rings. The summed E-state index contributed by atoms with van der Waals surface area (Å²) in [5.41, 5.74) is 0. The van der Waals surface area contributed by atoms with Gasteiger partial charge < -0.3 is 5.32 Å². The maximum Gasteiger partial charge on any atom is 0.230 e. The van der Waals surface area contributed by atoms with Crippen molar-refractivity contribution < 1.29 is 13.2 Å². The summed E-state index contributed by atoms with van der Waals surface area (Å²) in [7, 11) is -3.04. The molecule has 1 amide bonds. The molecule has 20 heavy (non-hydrogen) atoms. The van der Waals surface area contributed by atoms with Crippen LogP contribution in [0.2, 0.25) is 0 Å². The number of nitrogens with zero attached hydrogens (tertiary/aromatic N) is 2. The molecule has 1 N–H and O–H groups in total. The van der Waals surface area contributed by atoms with E-state index in [-0.39, 0.29) is 17.4 Å². The lowest BCUT2D eigenvalue weighted by Gasteiger charge is -2.07. The molecule has 112 valence electrons. The molecule has 1 aromatic heterocycles. The largest absolute Gasteiger partial charge is 0.300 e. The highest BCUT2D eigenvalue weighted by Crippen LogP contribution is 2.28. The molecule has 0 spiro atoms. The van der Waals surface area contributed by atoms with Gasteiger partial charge in [0.1, 0.15) is 5.01 Å². The third kappa shape index (κ3) is 3.54. The third-order valence-electron chi connectivity index (χ3n) is 3.61. The van der Waals surface area contributed by atoms with Crippen molar-refractivity contribution in [3.8, 4) is 0 Å². The van der Waals surface area contributed by atoms with Gasteiger partial charge in [-0.1, -0.05) is 25.2 Å². The Hall–Kier alpha value is -1.02. The van der Waals surface area contributed by atoms with Crippen LogP contribution in [0.4, 0.5) is 5.13 Å². The number of aromatic nitrogens is 2. The van der Waals surface area contributed by atoms with Gasteiger partial charge in [0.25, 0.3) is 0 Å². The number of amides is 1. The summed E-state index contributed by atoms with van der Waals surface area (Å²) in [6.07, 6.45) is 2.37. The molecule has 2 heterocycles. The monoisotopic (exact) mass is 317 g/mol. The minimum atomic E-state index is -3.04. The minimum absolute atomic E-state index is 0.0585. The van der Waals surface area contributed by atoms with E-state index in [0.717, 1.165) is 17.8 Å². The molecule has 0 saturated carbocycles. The summed E-state index contributed by atoms with van der Waals surface area (Å²) >= 11 is 1.37. The average Bonchev–Trinajstić information content (AvgIpc) is 2.98. The molecule has 6 nitrogen and oxygen atoms in total. The Kier molecular flexibility index (Phi) is 4.74. The molecular formula is C12H19N3O3S2. The van der Waals surface area contributed by atoms with Crippen molar-refractivity contribution in [2.45, 2.75) is 39.0 Å². The van der Waals surface area contributed by atoms with Crippen molar-refractivity contribution in [1.29, 1.82) is 0 Å². The van der Waals surface area contributed by atoms with Crippen LogP contribution in [-0.4, -0.2) is 36.0 Å². The first kappa shape index (κ1) is 15.4. The number of carbonyl (C=O) groups is 1. The number of hydrogen-bond donors (Lipinski definition) is 1. The Morgan fingerprint density at radius 1 is 1.40 bits per heavy atom. The highest BCUT2D eigenvalue weighted by molar-refractivity contribution is 7.91. The summed E-state index contributed by atoms with van der Waals surface area (Å²) in [5, 5.41) is 12.1. The van der Waals surface area contributed by atoms with Crippen LogP contribution in [0.15, 0.2) is 0 Å². The van der Waals surface area contributed by atoms with Crippen LogP contribution in [0.5, 0.6) is 0 Å². The van der Waals surface area contributed by atoms with Crippen LogP contribution in [0.1, 0.15) is 44.0 Å². The summed E-state index contributed by atoms with van der Waals surface area (Å²) in [5.74, 6) is -0.319. The molecule has 1 aromatic rings. The Bertz CT molecular complexity index is 579. The van der Waals surface area contributed by atoms with E-state index in [0.29, 0.717) is 17.5 Å². The normalized spacial score (nSPS) is 21.2. The summed E-state index contributed by atoms with van der Waals surface area (Å²) in [6, 6.07) is 0. The van der Waals surface area contributed by atoms with E-state index in [1.807, 2.05) is 0 Å². The first-order valence-corrected chi connectivity index (χ1v) is 9.43. The van der Waals surface area contributed by atoms with E-state index in [9.17, 15) is 13.2 Å². The molecule has 0 aliphatic carbocycles. The Morgan fingerprint density at radius 2 is 2.10 bits per heavy atom. The predicted octanol–water partition coefficient (Wildman–Crippen LogP) is 1.81. The van der Waals surface area contributed by atoms with Crippen molar-refractivity contribution in [1.82, 2.24) is 10.2 Å². The predicted molar refractivity (Wildman–Crippen MR) is 78.6 cm³/mol. The molecule has 2 rings (SSSR count). The summed E-state index contributed by atoms with van der Waals surface area (Å²) < 4.78 is 22.7. The van der Waals surface area contributed by atoms with Crippen molar-refractivity contribution >= 4 is 32.2 Å². The zero-order valence-electron chi connectivity index (χ0n) is 11.6. The van der Waals surface area contributed by atoms with E-state index in [2.05, 4.69) is 29.4 Å². The molecule has 0 aromatic carbocycles. The maximum atomic E-state index is 12.0. The van der Waals surface area contributed by atoms with E-state index < -0.39 is 15.8 Å². The van der Waals surface area contributed by atoms with Crippen molar-refractivity contribution in [2.24, 2.45) is 5.92 Å². The Morgan fingerprint density at radius 3 is 2.65 bits per heavy atom. The van der Waals surface area contributed by atoms with Gasteiger partial charge in [0.15, 0.2) is 9.84 Å². The molecule has 0 bridgehead atoms. The van der Waals surface area contributed by atoms with Crippen molar-refractivity contribution in [3.05, 3.63) is 5.01 Å². The topological polar surface area (TPSA) is 89.0 Å².